The fourth-order valence-electron chi connectivity index (χ4n) is 1.56. The van der Waals surface area contributed by atoms with Crippen LogP contribution in [0.1, 0.15) is 6.92 Å². The maximum Gasteiger partial charge on any atom is 0.269 e. The quantitative estimate of drug-likeness (QED) is 0.243. The summed E-state index contributed by atoms with van der Waals surface area (Å²) in [6, 6.07) is 6.09. The Kier molecular flexibility index (Phi) is 6.76. The van der Waals surface area contributed by atoms with Gasteiger partial charge in [-0.3, -0.25) is 20.2 Å². The van der Waals surface area contributed by atoms with Gasteiger partial charge in [-0.1, -0.05) is 29.2 Å². The summed E-state index contributed by atoms with van der Waals surface area (Å²) >= 11 is 4.12. The molecule has 0 aliphatic rings. The van der Waals surface area contributed by atoms with Crippen molar-refractivity contribution in [3.05, 3.63) is 47.0 Å². The number of rotatable bonds is 8. The van der Waals surface area contributed by atoms with Crippen LogP contribution in [0.5, 0.6) is 0 Å². The lowest BCUT2D eigenvalue weighted by Crippen LogP contribution is -2.22. The second kappa shape index (κ2) is 8.81. The number of carbonyl (C=O) groups excluding carboxylic acids is 1. The molecule has 10 heteroatoms. The predicted octanol–water partition coefficient (Wildman–Crippen LogP) is 3.84. The average molecular weight is 382 g/mol. The van der Waals surface area contributed by atoms with Gasteiger partial charge in [-0.2, -0.15) is 0 Å². The third kappa shape index (κ3) is 5.32. The Bertz CT molecular complexity index is 733. The summed E-state index contributed by atoms with van der Waals surface area (Å²) in [7, 11) is 0. The Morgan fingerprint density at radius 2 is 2.17 bits per heavy atom. The number of aromatic nitrogens is 2. The summed E-state index contributed by atoms with van der Waals surface area (Å²) in [6.45, 7) is 5.39. The zero-order valence-corrected chi connectivity index (χ0v) is 15.1. The molecule has 0 saturated carbocycles. The lowest BCUT2D eigenvalue weighted by molar-refractivity contribution is -0.384. The van der Waals surface area contributed by atoms with Crippen LogP contribution in [0.15, 0.2) is 46.2 Å². The highest BCUT2D eigenvalue weighted by Crippen LogP contribution is 2.28. The molecule has 7 nitrogen and oxygen atoms in total. The first-order chi connectivity index (χ1) is 11.5. The number of hydrogen-bond acceptors (Lipinski definition) is 8. The van der Waals surface area contributed by atoms with Crippen molar-refractivity contribution in [3.8, 4) is 0 Å². The van der Waals surface area contributed by atoms with Crippen LogP contribution < -0.4 is 5.32 Å². The Balaban J connectivity index is 1.90. The molecule has 0 radical (unpaired) electrons. The molecule has 1 atom stereocenters. The minimum Gasteiger partial charge on any atom is -0.300 e. The number of thioether (sulfide) groups is 2. The van der Waals surface area contributed by atoms with E-state index in [-0.39, 0.29) is 16.8 Å². The molecule has 0 aliphatic carbocycles. The van der Waals surface area contributed by atoms with E-state index in [1.165, 1.54) is 47.0 Å². The van der Waals surface area contributed by atoms with Crippen molar-refractivity contribution >= 4 is 51.6 Å². The van der Waals surface area contributed by atoms with E-state index in [9.17, 15) is 14.9 Å². The first-order valence-electron chi connectivity index (χ1n) is 6.78. The molecule has 24 heavy (non-hydrogen) atoms. The summed E-state index contributed by atoms with van der Waals surface area (Å²) in [4.78, 5) is 23.1. The summed E-state index contributed by atoms with van der Waals surface area (Å²) in [5.41, 5.74) is 0.0230. The van der Waals surface area contributed by atoms with Crippen molar-refractivity contribution in [2.24, 2.45) is 0 Å². The van der Waals surface area contributed by atoms with E-state index >= 15 is 0 Å². The van der Waals surface area contributed by atoms with Crippen LogP contribution in [0.4, 0.5) is 10.8 Å². The van der Waals surface area contributed by atoms with Crippen molar-refractivity contribution in [1.29, 1.82) is 0 Å². The highest BCUT2D eigenvalue weighted by atomic mass is 32.2. The average Bonchev–Trinajstić information content (AvgIpc) is 3.00. The van der Waals surface area contributed by atoms with Gasteiger partial charge in [-0.05, 0) is 19.1 Å². The van der Waals surface area contributed by atoms with E-state index in [1.807, 2.05) is 0 Å². The molecule has 1 amide bonds. The highest BCUT2D eigenvalue weighted by molar-refractivity contribution is 8.01. The molecule has 126 valence electrons. The van der Waals surface area contributed by atoms with E-state index in [0.29, 0.717) is 5.13 Å². The Hall–Kier alpha value is -1.91. The van der Waals surface area contributed by atoms with Crippen molar-refractivity contribution < 1.29 is 9.72 Å². The molecule has 1 unspecified atom stereocenters. The van der Waals surface area contributed by atoms with Gasteiger partial charge in [-0.15, -0.1) is 28.5 Å². The number of nitro groups is 1. The lowest BCUT2D eigenvalue weighted by Gasteiger charge is -2.09. The first kappa shape index (κ1) is 18.4. The van der Waals surface area contributed by atoms with Crippen molar-refractivity contribution in [1.82, 2.24) is 10.2 Å². The molecule has 1 N–H and O–H groups in total. The molecule has 1 aromatic carbocycles. The summed E-state index contributed by atoms with van der Waals surface area (Å²) in [5.74, 6) is 0.532. The standard InChI is InChI=1S/C14H14N4O3S3/c1-3-8-22-14-17-16-13(24-14)15-12(19)9(2)23-11-6-4-10(5-7-11)18(20)21/h3-7,9H,1,8H2,2H3,(H,15,16,19). The van der Waals surface area contributed by atoms with Crippen LogP contribution in [-0.2, 0) is 4.79 Å². The second-order valence-electron chi connectivity index (χ2n) is 4.47. The fourth-order valence-corrected chi connectivity index (χ4v) is 3.94. The van der Waals surface area contributed by atoms with Gasteiger partial charge in [0.2, 0.25) is 11.0 Å². The van der Waals surface area contributed by atoms with Gasteiger partial charge in [0.15, 0.2) is 4.34 Å². The van der Waals surface area contributed by atoms with Gasteiger partial charge in [0.05, 0.1) is 10.2 Å². The number of nitrogens with zero attached hydrogens (tertiary/aromatic N) is 3. The van der Waals surface area contributed by atoms with Gasteiger partial charge >= 0.3 is 0 Å². The number of non-ortho nitro benzene ring substituents is 1. The smallest absolute Gasteiger partial charge is 0.269 e. The number of benzene rings is 1. The molecule has 1 aromatic heterocycles. The van der Waals surface area contributed by atoms with E-state index < -0.39 is 4.92 Å². The summed E-state index contributed by atoms with van der Waals surface area (Å²) in [6.07, 6.45) is 1.77. The van der Waals surface area contributed by atoms with Crippen molar-refractivity contribution in [2.45, 2.75) is 21.4 Å². The molecule has 1 heterocycles. The maximum absolute atomic E-state index is 12.2. The Morgan fingerprint density at radius 1 is 1.46 bits per heavy atom. The molecular formula is C14H14N4O3S3. The second-order valence-corrected chi connectivity index (χ2v) is 8.13. The number of anilines is 1. The number of carbonyl (C=O) groups is 1. The Morgan fingerprint density at radius 3 is 2.79 bits per heavy atom. The van der Waals surface area contributed by atoms with E-state index in [4.69, 9.17) is 0 Å². The molecule has 0 saturated heterocycles. The van der Waals surface area contributed by atoms with Crippen LogP contribution in [0, 0.1) is 10.1 Å². The normalized spacial score (nSPS) is 11.7. The van der Waals surface area contributed by atoms with E-state index in [2.05, 4.69) is 22.1 Å². The molecule has 0 fully saturated rings. The van der Waals surface area contributed by atoms with Gasteiger partial charge in [0.1, 0.15) is 0 Å². The van der Waals surface area contributed by atoms with Crippen LogP contribution >= 0.6 is 34.9 Å². The number of nitro benzene ring substituents is 1. The third-order valence-corrected chi connectivity index (χ3v) is 5.77. The SMILES string of the molecule is C=CCSc1nnc(NC(=O)C(C)Sc2ccc([N+](=O)[O-])cc2)s1. The summed E-state index contributed by atoms with van der Waals surface area (Å²) < 4.78 is 0.765. The topological polar surface area (TPSA) is 98.0 Å². The third-order valence-electron chi connectivity index (χ3n) is 2.69. The lowest BCUT2D eigenvalue weighted by atomic mass is 10.3. The minimum absolute atomic E-state index is 0.0230. The minimum atomic E-state index is -0.456. The van der Waals surface area contributed by atoms with Crippen LogP contribution in [0.2, 0.25) is 0 Å². The number of nitrogens with one attached hydrogen (secondary N) is 1. The van der Waals surface area contributed by atoms with Crippen molar-refractivity contribution in [2.75, 3.05) is 11.1 Å². The number of hydrogen-bond donors (Lipinski definition) is 1. The summed E-state index contributed by atoms with van der Waals surface area (Å²) in [5, 5.41) is 21.3. The van der Waals surface area contributed by atoms with E-state index in [0.717, 1.165) is 15.0 Å². The predicted molar refractivity (Wildman–Crippen MR) is 97.9 cm³/mol. The zero-order chi connectivity index (χ0) is 17.5. The fraction of sp³-hybridized carbons (Fsp3) is 0.214. The monoisotopic (exact) mass is 382 g/mol. The molecule has 2 rings (SSSR count). The zero-order valence-electron chi connectivity index (χ0n) is 12.7. The molecule has 0 bridgehead atoms. The van der Waals surface area contributed by atoms with Gasteiger partial charge in [0.25, 0.3) is 5.69 Å². The highest BCUT2D eigenvalue weighted by Gasteiger charge is 2.17. The van der Waals surface area contributed by atoms with Gasteiger partial charge in [-0.25, -0.2) is 0 Å². The maximum atomic E-state index is 12.2. The first-order valence-corrected chi connectivity index (χ1v) is 9.47. The van der Waals surface area contributed by atoms with Gasteiger partial charge < -0.3 is 0 Å². The molecule has 0 spiro atoms. The van der Waals surface area contributed by atoms with Crippen molar-refractivity contribution in [3.63, 3.8) is 0 Å². The Labute approximate surface area is 151 Å². The molecular weight excluding hydrogens is 368 g/mol. The van der Waals surface area contributed by atoms with Crippen LogP contribution in [-0.4, -0.2) is 32.0 Å². The molecule has 0 aliphatic heterocycles. The van der Waals surface area contributed by atoms with E-state index in [1.54, 1.807) is 25.1 Å². The van der Waals surface area contributed by atoms with Crippen LogP contribution in [0.3, 0.4) is 0 Å². The largest absolute Gasteiger partial charge is 0.300 e. The molecule has 2 aromatic rings. The number of amides is 1. The van der Waals surface area contributed by atoms with Crippen LogP contribution in [0.25, 0.3) is 0 Å². The van der Waals surface area contributed by atoms with Gasteiger partial charge in [0, 0.05) is 22.8 Å².